The minimum atomic E-state index is -1.14. The number of ether oxygens (including phenoxy) is 1. The number of benzene rings is 1. The first-order chi connectivity index (χ1) is 8.24. The molecule has 0 bridgehead atoms. The Kier molecular flexibility index (Phi) is 4.24. The number of aliphatic hydroxyl groups is 1. The third-order valence-electron chi connectivity index (χ3n) is 2.88. The van der Waals surface area contributed by atoms with Crippen molar-refractivity contribution in [2.75, 3.05) is 6.61 Å². The summed E-state index contributed by atoms with van der Waals surface area (Å²) < 4.78 is 18.2. The molecule has 1 rings (SSSR count). The summed E-state index contributed by atoms with van der Waals surface area (Å²) >= 11 is 0. The molecule has 0 amide bonds. The lowest BCUT2D eigenvalue weighted by Gasteiger charge is -2.27. The number of hydrogen-bond acceptors (Lipinski definition) is 4. The van der Waals surface area contributed by atoms with E-state index in [-0.39, 0.29) is 24.0 Å². The van der Waals surface area contributed by atoms with Gasteiger partial charge in [-0.15, -0.1) is 0 Å². The summed E-state index contributed by atoms with van der Waals surface area (Å²) in [6, 6.07) is 2.97. The zero-order chi connectivity index (χ0) is 13.9. The molecule has 6 heteroatoms. The zero-order valence-electron chi connectivity index (χ0n) is 10.5. The fourth-order valence-electron chi connectivity index (χ4n) is 1.14. The maximum Gasteiger partial charge on any atom is 0.311 e. The molecule has 1 aromatic rings. The Bertz CT molecular complexity index is 446. The smallest absolute Gasteiger partial charge is 0.311 e. The first kappa shape index (κ1) is 14.4. The highest BCUT2D eigenvalue weighted by atomic mass is 19.1. The maximum absolute atomic E-state index is 13.0. The van der Waals surface area contributed by atoms with E-state index in [0.29, 0.717) is 0 Å². The molecule has 0 aliphatic heterocycles. The van der Waals surface area contributed by atoms with E-state index >= 15 is 0 Å². The van der Waals surface area contributed by atoms with Crippen LogP contribution in [-0.2, 0) is 0 Å². The Morgan fingerprint density at radius 3 is 2.67 bits per heavy atom. The predicted molar refractivity (Wildman–Crippen MR) is 64.0 cm³/mol. The van der Waals surface area contributed by atoms with Gasteiger partial charge >= 0.3 is 5.69 Å². The van der Waals surface area contributed by atoms with Gasteiger partial charge in [0.05, 0.1) is 10.5 Å². The topological polar surface area (TPSA) is 72.6 Å². The van der Waals surface area contributed by atoms with Crippen LogP contribution in [-0.4, -0.2) is 22.2 Å². The van der Waals surface area contributed by atoms with Gasteiger partial charge in [-0.3, -0.25) is 10.1 Å². The largest absolute Gasteiger partial charge is 0.484 e. The van der Waals surface area contributed by atoms with Gasteiger partial charge in [-0.25, -0.2) is 4.39 Å². The van der Waals surface area contributed by atoms with Crippen molar-refractivity contribution >= 4 is 5.69 Å². The monoisotopic (exact) mass is 257 g/mol. The van der Waals surface area contributed by atoms with Crippen LogP contribution in [0.15, 0.2) is 18.2 Å². The second-order valence-electron chi connectivity index (χ2n) is 4.67. The van der Waals surface area contributed by atoms with Crippen LogP contribution in [0.25, 0.3) is 0 Å². The zero-order valence-corrected chi connectivity index (χ0v) is 10.5. The van der Waals surface area contributed by atoms with Crippen LogP contribution >= 0.6 is 0 Å². The molecule has 1 unspecified atom stereocenters. The van der Waals surface area contributed by atoms with Gasteiger partial charge in [-0.05, 0) is 18.9 Å². The van der Waals surface area contributed by atoms with Crippen LogP contribution in [0.4, 0.5) is 10.1 Å². The lowest BCUT2D eigenvalue weighted by molar-refractivity contribution is -0.386. The molecule has 0 spiro atoms. The summed E-state index contributed by atoms with van der Waals surface area (Å²) in [5, 5.41) is 20.7. The SMILES string of the molecule is CC(C)C(C)(O)COc1cc(F)ccc1[N+](=O)[O-]. The number of rotatable bonds is 5. The van der Waals surface area contributed by atoms with Crippen molar-refractivity contribution in [2.45, 2.75) is 26.4 Å². The summed E-state index contributed by atoms with van der Waals surface area (Å²) in [4.78, 5) is 10.1. The van der Waals surface area contributed by atoms with Crippen molar-refractivity contribution in [3.8, 4) is 5.75 Å². The second-order valence-corrected chi connectivity index (χ2v) is 4.67. The van der Waals surface area contributed by atoms with Crippen LogP contribution in [0.1, 0.15) is 20.8 Å². The molecule has 0 saturated carbocycles. The van der Waals surface area contributed by atoms with Gasteiger partial charge < -0.3 is 9.84 Å². The van der Waals surface area contributed by atoms with E-state index in [4.69, 9.17) is 4.74 Å². The molecular formula is C12H16FNO4. The molecule has 0 fully saturated rings. The van der Waals surface area contributed by atoms with E-state index in [2.05, 4.69) is 0 Å². The van der Waals surface area contributed by atoms with Crippen molar-refractivity contribution in [3.05, 3.63) is 34.1 Å². The lowest BCUT2D eigenvalue weighted by Crippen LogP contribution is -2.37. The molecule has 1 N–H and O–H groups in total. The highest BCUT2D eigenvalue weighted by molar-refractivity contribution is 5.46. The molecule has 0 aromatic heterocycles. The van der Waals surface area contributed by atoms with Crippen LogP contribution < -0.4 is 4.74 Å². The molecule has 1 atom stereocenters. The quantitative estimate of drug-likeness (QED) is 0.649. The molecule has 0 saturated heterocycles. The van der Waals surface area contributed by atoms with Gasteiger partial charge in [0.25, 0.3) is 0 Å². The van der Waals surface area contributed by atoms with E-state index in [0.717, 1.165) is 18.2 Å². The van der Waals surface area contributed by atoms with Crippen molar-refractivity contribution < 1.29 is 19.2 Å². The number of nitrogens with zero attached hydrogens (tertiary/aromatic N) is 1. The van der Waals surface area contributed by atoms with Crippen LogP contribution in [0, 0.1) is 21.8 Å². The first-order valence-electron chi connectivity index (χ1n) is 5.53. The molecule has 100 valence electrons. The average molecular weight is 257 g/mol. The van der Waals surface area contributed by atoms with E-state index in [1.807, 2.05) is 0 Å². The number of nitro groups is 1. The molecule has 0 aliphatic rings. The van der Waals surface area contributed by atoms with Crippen molar-refractivity contribution in [1.82, 2.24) is 0 Å². The summed E-state index contributed by atoms with van der Waals surface area (Å²) in [6.07, 6.45) is 0. The molecule has 18 heavy (non-hydrogen) atoms. The standard InChI is InChI=1S/C12H16FNO4/c1-8(2)12(3,15)7-18-11-6-9(13)4-5-10(11)14(16)17/h4-6,8,15H,7H2,1-3H3. The lowest BCUT2D eigenvalue weighted by atomic mass is 9.94. The number of halogens is 1. The van der Waals surface area contributed by atoms with E-state index < -0.39 is 16.3 Å². The highest BCUT2D eigenvalue weighted by Gasteiger charge is 2.27. The van der Waals surface area contributed by atoms with Crippen LogP contribution in [0.5, 0.6) is 5.75 Å². The molecule has 1 aromatic carbocycles. The first-order valence-corrected chi connectivity index (χ1v) is 5.53. The Morgan fingerprint density at radius 2 is 2.17 bits per heavy atom. The van der Waals surface area contributed by atoms with E-state index in [1.165, 1.54) is 0 Å². The summed E-state index contributed by atoms with van der Waals surface area (Å²) in [5.41, 5.74) is -1.46. The van der Waals surface area contributed by atoms with E-state index in [9.17, 15) is 19.6 Å². The third kappa shape index (κ3) is 3.40. The normalized spacial score (nSPS) is 14.3. The third-order valence-corrected chi connectivity index (χ3v) is 2.88. The Hall–Kier alpha value is -1.69. The summed E-state index contributed by atoms with van der Waals surface area (Å²) in [7, 11) is 0. The number of hydrogen-bond donors (Lipinski definition) is 1. The molecular weight excluding hydrogens is 241 g/mol. The second kappa shape index (κ2) is 5.30. The van der Waals surface area contributed by atoms with Gasteiger partial charge in [0, 0.05) is 12.1 Å². The fourth-order valence-corrected chi connectivity index (χ4v) is 1.14. The Labute approximate surface area is 104 Å². The average Bonchev–Trinajstić information content (AvgIpc) is 2.26. The Morgan fingerprint density at radius 1 is 1.56 bits per heavy atom. The van der Waals surface area contributed by atoms with E-state index in [1.54, 1.807) is 20.8 Å². The highest BCUT2D eigenvalue weighted by Crippen LogP contribution is 2.29. The molecule has 0 heterocycles. The fraction of sp³-hybridized carbons (Fsp3) is 0.500. The Balaban J connectivity index is 2.90. The van der Waals surface area contributed by atoms with Crippen LogP contribution in [0.3, 0.4) is 0 Å². The van der Waals surface area contributed by atoms with Crippen molar-refractivity contribution in [1.29, 1.82) is 0 Å². The molecule has 0 radical (unpaired) electrons. The van der Waals surface area contributed by atoms with Crippen LogP contribution in [0.2, 0.25) is 0 Å². The molecule has 5 nitrogen and oxygen atoms in total. The summed E-state index contributed by atoms with van der Waals surface area (Å²) in [5.74, 6) is -0.897. The van der Waals surface area contributed by atoms with Gasteiger partial charge in [0.15, 0.2) is 5.75 Å². The van der Waals surface area contributed by atoms with Gasteiger partial charge in [0.2, 0.25) is 0 Å². The molecule has 0 aliphatic carbocycles. The van der Waals surface area contributed by atoms with Gasteiger partial charge in [-0.1, -0.05) is 13.8 Å². The minimum absolute atomic E-state index is 0.0925. The van der Waals surface area contributed by atoms with Crippen molar-refractivity contribution in [2.24, 2.45) is 5.92 Å². The predicted octanol–water partition coefficient (Wildman–Crippen LogP) is 2.52. The number of nitro benzene ring substituents is 1. The van der Waals surface area contributed by atoms with Crippen molar-refractivity contribution in [3.63, 3.8) is 0 Å². The van der Waals surface area contributed by atoms with Gasteiger partial charge in [-0.2, -0.15) is 0 Å². The maximum atomic E-state index is 13.0. The minimum Gasteiger partial charge on any atom is -0.484 e. The van der Waals surface area contributed by atoms with Gasteiger partial charge in [0.1, 0.15) is 12.4 Å². The summed E-state index contributed by atoms with van der Waals surface area (Å²) in [6.45, 7) is 5.00.